The van der Waals surface area contributed by atoms with E-state index in [1.165, 1.54) is 42.7 Å². The molecule has 2 atom stereocenters. The van der Waals surface area contributed by atoms with Crippen molar-refractivity contribution in [3.63, 3.8) is 0 Å². The minimum atomic E-state index is -0.964. The molecule has 1 fully saturated rings. The third-order valence-electron chi connectivity index (χ3n) is 7.33. The van der Waals surface area contributed by atoms with E-state index in [0.717, 1.165) is 5.01 Å². The lowest BCUT2D eigenvalue weighted by atomic mass is 9.94. The van der Waals surface area contributed by atoms with Gasteiger partial charge in [-0.3, -0.25) is 10.1 Å². The van der Waals surface area contributed by atoms with Gasteiger partial charge in [0.05, 0.1) is 54.0 Å². The summed E-state index contributed by atoms with van der Waals surface area (Å²) in [6, 6.07) is 14.0. The predicted octanol–water partition coefficient (Wildman–Crippen LogP) is 5.74. The van der Waals surface area contributed by atoms with Crippen LogP contribution in [0.25, 0.3) is 22.5 Å². The largest absolute Gasteiger partial charge is 0.493 e. The number of alkyl halides is 1. The second-order valence-electron chi connectivity index (χ2n) is 9.96. The predicted molar refractivity (Wildman–Crippen MR) is 175 cm³/mol. The minimum absolute atomic E-state index is 0.0570. The number of anilines is 1. The first-order chi connectivity index (χ1) is 22.6. The van der Waals surface area contributed by atoms with Gasteiger partial charge in [-0.05, 0) is 48.0 Å². The van der Waals surface area contributed by atoms with Gasteiger partial charge in [0, 0.05) is 16.1 Å². The maximum absolute atomic E-state index is 13.3. The summed E-state index contributed by atoms with van der Waals surface area (Å²) in [5.41, 5.74) is 5.31. The molecule has 246 valence electrons. The summed E-state index contributed by atoms with van der Waals surface area (Å²) in [6.07, 6.45) is 0. The molecular formula is C32H31Cl2N5O8. The molecule has 1 aromatic heterocycles. The minimum Gasteiger partial charge on any atom is -0.493 e. The summed E-state index contributed by atoms with van der Waals surface area (Å²) in [4.78, 5) is 35.3. The molecule has 2 heterocycles. The summed E-state index contributed by atoms with van der Waals surface area (Å²) in [7, 11) is 8.94. The van der Waals surface area contributed by atoms with E-state index in [0.29, 0.717) is 67.6 Å². The van der Waals surface area contributed by atoms with Crippen LogP contribution in [0.3, 0.4) is 0 Å². The van der Waals surface area contributed by atoms with Gasteiger partial charge in [-0.2, -0.15) is 0 Å². The number of carbonyl (C=O) groups is 2. The molecule has 0 saturated carbocycles. The summed E-state index contributed by atoms with van der Waals surface area (Å²) >= 11 is 12.5. The van der Waals surface area contributed by atoms with Gasteiger partial charge >= 0.3 is 6.03 Å². The van der Waals surface area contributed by atoms with Gasteiger partial charge in [-0.1, -0.05) is 23.7 Å². The lowest BCUT2D eigenvalue weighted by Gasteiger charge is -2.43. The Morgan fingerprint density at radius 2 is 1.21 bits per heavy atom. The van der Waals surface area contributed by atoms with E-state index in [1.54, 1.807) is 54.6 Å². The molecule has 0 radical (unpaired) electrons. The van der Waals surface area contributed by atoms with Crippen LogP contribution in [0.1, 0.15) is 11.6 Å². The molecule has 13 nitrogen and oxygen atoms in total. The van der Waals surface area contributed by atoms with Crippen molar-refractivity contribution < 1.29 is 38.0 Å². The van der Waals surface area contributed by atoms with E-state index < -0.39 is 23.4 Å². The first-order valence-electron chi connectivity index (χ1n) is 14.0. The average molecular weight is 685 g/mol. The number of aromatic nitrogens is 2. The van der Waals surface area contributed by atoms with E-state index in [4.69, 9.17) is 51.6 Å². The Morgan fingerprint density at radius 1 is 0.723 bits per heavy atom. The van der Waals surface area contributed by atoms with E-state index in [9.17, 15) is 9.59 Å². The highest BCUT2D eigenvalue weighted by Crippen LogP contribution is 2.45. The second-order valence-corrected chi connectivity index (χ2v) is 10.9. The number of nitrogens with zero attached hydrogens (tertiary/aromatic N) is 3. The molecule has 1 saturated heterocycles. The zero-order chi connectivity index (χ0) is 33.8. The van der Waals surface area contributed by atoms with Crippen molar-refractivity contribution in [3.05, 3.63) is 65.2 Å². The number of urea groups is 1. The van der Waals surface area contributed by atoms with Gasteiger partial charge in [0.15, 0.2) is 23.0 Å². The summed E-state index contributed by atoms with van der Waals surface area (Å²) in [6.45, 7) is 0. The van der Waals surface area contributed by atoms with Gasteiger partial charge < -0.3 is 28.4 Å². The molecule has 1 aliphatic heterocycles. The van der Waals surface area contributed by atoms with Crippen molar-refractivity contribution in [1.82, 2.24) is 20.4 Å². The quantitative estimate of drug-likeness (QED) is 0.148. The number of nitrogens with one attached hydrogen (secondary N) is 2. The van der Waals surface area contributed by atoms with Crippen molar-refractivity contribution >= 4 is 41.1 Å². The summed E-state index contributed by atoms with van der Waals surface area (Å²) in [5, 5.41) is 3.32. The van der Waals surface area contributed by atoms with Crippen LogP contribution in [0.5, 0.6) is 34.5 Å². The molecule has 3 amide bonds. The molecule has 4 aromatic rings. The van der Waals surface area contributed by atoms with Crippen LogP contribution in [-0.4, -0.2) is 75.0 Å². The van der Waals surface area contributed by atoms with Crippen molar-refractivity contribution in [2.24, 2.45) is 0 Å². The SMILES string of the molecule is COc1cc(-c2cc(-c3ccc(Cl)cc3)nc(NC(=O)NN3C(=O)C(Cl)C3c3cc(OC)c(OC)c(OC)c3)n2)cc(OC)c1OC. The molecule has 0 spiro atoms. The maximum Gasteiger partial charge on any atom is 0.340 e. The smallest absolute Gasteiger partial charge is 0.340 e. The first kappa shape index (κ1) is 33.2. The molecule has 2 unspecified atom stereocenters. The normalized spacial score (nSPS) is 15.3. The Labute approximate surface area is 280 Å². The zero-order valence-corrected chi connectivity index (χ0v) is 27.7. The summed E-state index contributed by atoms with van der Waals surface area (Å²) < 4.78 is 32.8. The maximum atomic E-state index is 13.3. The number of benzene rings is 3. The number of rotatable bonds is 11. The molecular weight excluding hydrogens is 653 g/mol. The number of hydrazine groups is 1. The molecule has 5 rings (SSSR count). The second kappa shape index (κ2) is 14.1. The molecule has 1 aliphatic rings. The van der Waals surface area contributed by atoms with Crippen LogP contribution in [0.2, 0.25) is 5.02 Å². The molecule has 15 heteroatoms. The number of ether oxygens (including phenoxy) is 6. The number of hydrogen-bond acceptors (Lipinski definition) is 10. The van der Waals surface area contributed by atoms with Crippen LogP contribution in [0.15, 0.2) is 54.6 Å². The van der Waals surface area contributed by atoms with Crippen LogP contribution >= 0.6 is 23.2 Å². The van der Waals surface area contributed by atoms with Gasteiger partial charge in [-0.25, -0.2) is 25.2 Å². The van der Waals surface area contributed by atoms with Crippen LogP contribution in [0, 0.1) is 0 Å². The fraction of sp³-hybridized carbons (Fsp3) is 0.250. The number of carbonyl (C=O) groups excluding carboxylic acids is 2. The number of halogens is 2. The fourth-order valence-electron chi connectivity index (χ4n) is 5.06. The zero-order valence-electron chi connectivity index (χ0n) is 26.2. The van der Waals surface area contributed by atoms with Gasteiger partial charge in [-0.15, -0.1) is 11.6 Å². The van der Waals surface area contributed by atoms with Crippen molar-refractivity contribution in [2.45, 2.75) is 11.4 Å². The summed E-state index contributed by atoms with van der Waals surface area (Å²) in [5.74, 6) is 1.74. The molecule has 0 bridgehead atoms. The number of β-lactam (4-membered cyclic amide) rings is 1. The van der Waals surface area contributed by atoms with Crippen LogP contribution in [-0.2, 0) is 4.79 Å². The molecule has 3 aromatic carbocycles. The van der Waals surface area contributed by atoms with Crippen molar-refractivity contribution in [1.29, 1.82) is 0 Å². The van der Waals surface area contributed by atoms with E-state index >= 15 is 0 Å². The Kier molecular flexibility index (Phi) is 9.97. The highest BCUT2D eigenvalue weighted by atomic mass is 35.5. The Bertz CT molecular complexity index is 1760. The van der Waals surface area contributed by atoms with Crippen LogP contribution < -0.4 is 39.2 Å². The third kappa shape index (κ3) is 6.58. The lowest BCUT2D eigenvalue weighted by molar-refractivity contribution is -0.149. The highest BCUT2D eigenvalue weighted by Gasteiger charge is 2.49. The van der Waals surface area contributed by atoms with Gasteiger partial charge in [0.2, 0.25) is 17.4 Å². The third-order valence-corrected chi connectivity index (χ3v) is 8.01. The van der Waals surface area contributed by atoms with E-state index in [2.05, 4.69) is 20.7 Å². The molecule has 47 heavy (non-hydrogen) atoms. The highest BCUT2D eigenvalue weighted by molar-refractivity contribution is 6.33. The number of methoxy groups -OCH3 is 6. The Morgan fingerprint density at radius 3 is 1.70 bits per heavy atom. The van der Waals surface area contributed by atoms with Gasteiger partial charge in [0.1, 0.15) is 11.4 Å². The first-order valence-corrected chi connectivity index (χ1v) is 14.8. The standard InChI is InChI=1S/C32H31Cl2N5O8/c1-42-22-11-17(12-23(43-2)28(22)46-5)21-15-20(16-7-9-19(33)10-8-16)35-31(36-21)37-32(41)38-39-27(26(34)30(39)40)18-13-24(44-3)29(47-6)25(14-18)45-4/h7-15,26-27H,1-6H3,(H2,35,36,37,38,41). The Balaban J connectivity index is 1.48. The molecule has 0 aliphatic carbocycles. The van der Waals surface area contributed by atoms with Crippen molar-refractivity contribution in [3.8, 4) is 57.0 Å². The monoisotopic (exact) mass is 683 g/mol. The fourth-order valence-corrected chi connectivity index (χ4v) is 5.55. The molecule has 2 N–H and O–H groups in total. The average Bonchev–Trinajstić information content (AvgIpc) is 3.09. The number of amides is 3. The van der Waals surface area contributed by atoms with E-state index in [-0.39, 0.29) is 5.95 Å². The number of hydrogen-bond donors (Lipinski definition) is 2. The topological polar surface area (TPSA) is 143 Å². The Hall–Kier alpha value is -5.14. The van der Waals surface area contributed by atoms with Crippen molar-refractivity contribution in [2.75, 3.05) is 48.0 Å². The lowest BCUT2D eigenvalue weighted by Crippen LogP contribution is -2.63. The van der Waals surface area contributed by atoms with E-state index in [1.807, 2.05) is 0 Å². The van der Waals surface area contributed by atoms with Gasteiger partial charge in [0.25, 0.3) is 5.91 Å². The van der Waals surface area contributed by atoms with Crippen LogP contribution in [0.4, 0.5) is 10.7 Å².